The van der Waals surface area contributed by atoms with Crippen LogP contribution in [0.15, 0.2) is 24.3 Å². The van der Waals surface area contributed by atoms with Crippen molar-refractivity contribution in [3.63, 3.8) is 0 Å². The third-order valence-electron chi connectivity index (χ3n) is 5.45. The summed E-state index contributed by atoms with van der Waals surface area (Å²) in [5.41, 5.74) is 9.96. The highest BCUT2D eigenvalue weighted by Crippen LogP contribution is 2.28. The zero-order valence-corrected chi connectivity index (χ0v) is 16.9. The number of hydrogen-bond acceptors (Lipinski definition) is 3. The molecule has 0 spiro atoms. The van der Waals surface area contributed by atoms with Gasteiger partial charge in [-0.15, -0.1) is 12.4 Å². The van der Waals surface area contributed by atoms with Gasteiger partial charge in [0.1, 0.15) is 0 Å². The van der Waals surface area contributed by atoms with Gasteiger partial charge in [0.25, 0.3) is 5.91 Å². The Bertz CT molecular complexity index is 803. The Hall–Kier alpha value is -1.56. The van der Waals surface area contributed by atoms with Gasteiger partial charge in [-0.05, 0) is 62.8 Å². The molecule has 7 heteroatoms. The SMILES string of the molecule is Cl.NC1CCCN(C(=O)c2nn(-c3ccc(Cl)cc3)c3c2CCCCC3)C1. The summed E-state index contributed by atoms with van der Waals surface area (Å²) in [6, 6.07) is 7.74. The Morgan fingerprint density at radius 3 is 2.59 bits per heavy atom. The molecule has 2 aliphatic rings. The molecule has 4 rings (SSSR count). The molecule has 1 unspecified atom stereocenters. The maximum atomic E-state index is 13.2. The number of fused-ring (bicyclic) bond motifs is 1. The number of halogens is 2. The van der Waals surface area contributed by atoms with Gasteiger partial charge in [-0.1, -0.05) is 18.0 Å². The van der Waals surface area contributed by atoms with Crippen molar-refractivity contribution >= 4 is 29.9 Å². The van der Waals surface area contributed by atoms with Crippen molar-refractivity contribution in [1.82, 2.24) is 14.7 Å². The first-order valence-electron chi connectivity index (χ1n) is 9.55. The number of hydrogen-bond donors (Lipinski definition) is 1. The van der Waals surface area contributed by atoms with Crippen LogP contribution in [0.4, 0.5) is 0 Å². The number of likely N-dealkylation sites (tertiary alicyclic amines) is 1. The van der Waals surface area contributed by atoms with E-state index in [0.717, 1.165) is 56.3 Å². The number of nitrogens with two attached hydrogens (primary N) is 1. The molecule has 1 atom stereocenters. The summed E-state index contributed by atoms with van der Waals surface area (Å²) in [5, 5.41) is 5.47. The maximum absolute atomic E-state index is 13.2. The number of carbonyl (C=O) groups is 1. The predicted molar refractivity (Wildman–Crippen MR) is 110 cm³/mol. The molecule has 0 saturated carbocycles. The highest BCUT2D eigenvalue weighted by molar-refractivity contribution is 6.30. The zero-order valence-electron chi connectivity index (χ0n) is 15.4. The molecule has 5 nitrogen and oxygen atoms in total. The predicted octanol–water partition coefficient (Wildman–Crippen LogP) is 3.78. The van der Waals surface area contributed by atoms with E-state index in [1.807, 2.05) is 33.8 Å². The molecule has 146 valence electrons. The first kappa shape index (κ1) is 20.2. The van der Waals surface area contributed by atoms with Gasteiger partial charge < -0.3 is 10.6 Å². The lowest BCUT2D eigenvalue weighted by molar-refractivity contribution is 0.0701. The highest BCUT2D eigenvalue weighted by Gasteiger charge is 2.29. The van der Waals surface area contributed by atoms with Crippen LogP contribution in [-0.4, -0.2) is 39.7 Å². The number of nitrogens with zero attached hydrogens (tertiary/aromatic N) is 3. The minimum atomic E-state index is 0. The van der Waals surface area contributed by atoms with Crippen molar-refractivity contribution in [2.75, 3.05) is 13.1 Å². The molecule has 2 heterocycles. The van der Waals surface area contributed by atoms with Crippen LogP contribution in [0.1, 0.15) is 53.8 Å². The van der Waals surface area contributed by atoms with E-state index in [1.54, 1.807) is 0 Å². The van der Waals surface area contributed by atoms with E-state index in [1.165, 1.54) is 12.1 Å². The standard InChI is InChI=1S/C20H25ClN4O.ClH/c21-14-8-10-16(11-9-14)25-18-7-3-1-2-6-17(18)19(23-25)20(26)24-12-4-5-15(22)13-24;/h8-11,15H,1-7,12-13,22H2;1H. The molecule has 27 heavy (non-hydrogen) atoms. The second-order valence-electron chi connectivity index (χ2n) is 7.38. The number of carbonyl (C=O) groups excluding carboxylic acids is 1. The number of piperidine rings is 1. The molecule has 2 aromatic rings. The van der Waals surface area contributed by atoms with Crippen molar-refractivity contribution in [1.29, 1.82) is 0 Å². The van der Waals surface area contributed by atoms with Gasteiger partial charge in [0.2, 0.25) is 0 Å². The van der Waals surface area contributed by atoms with Gasteiger partial charge in [-0.3, -0.25) is 4.79 Å². The molecule has 1 aliphatic carbocycles. The minimum absolute atomic E-state index is 0. The lowest BCUT2D eigenvalue weighted by Gasteiger charge is -2.30. The first-order chi connectivity index (χ1) is 12.6. The molecule has 1 saturated heterocycles. The molecule has 1 aromatic carbocycles. The molecule has 2 N–H and O–H groups in total. The van der Waals surface area contributed by atoms with Crippen molar-refractivity contribution in [3.8, 4) is 5.69 Å². The van der Waals surface area contributed by atoms with Crippen molar-refractivity contribution in [3.05, 3.63) is 46.2 Å². The smallest absolute Gasteiger partial charge is 0.274 e. The fourth-order valence-electron chi connectivity index (χ4n) is 4.09. The summed E-state index contributed by atoms with van der Waals surface area (Å²) in [6.45, 7) is 1.40. The van der Waals surface area contributed by atoms with Crippen LogP contribution in [0, 0.1) is 0 Å². The van der Waals surface area contributed by atoms with E-state index in [9.17, 15) is 4.79 Å². The van der Waals surface area contributed by atoms with Crippen LogP contribution in [0.3, 0.4) is 0 Å². The molecule has 1 aromatic heterocycles. The summed E-state index contributed by atoms with van der Waals surface area (Å²) in [7, 11) is 0. The molecule has 1 fully saturated rings. The van der Waals surface area contributed by atoms with E-state index >= 15 is 0 Å². The van der Waals surface area contributed by atoms with Gasteiger partial charge in [0, 0.05) is 35.4 Å². The summed E-state index contributed by atoms with van der Waals surface area (Å²) in [6.07, 6.45) is 7.26. The third kappa shape index (κ3) is 4.15. The number of rotatable bonds is 2. The van der Waals surface area contributed by atoms with Crippen molar-refractivity contribution < 1.29 is 4.79 Å². The van der Waals surface area contributed by atoms with Crippen LogP contribution in [0.5, 0.6) is 0 Å². The average molecular weight is 409 g/mol. The fourth-order valence-corrected chi connectivity index (χ4v) is 4.21. The first-order valence-corrected chi connectivity index (χ1v) is 9.93. The fraction of sp³-hybridized carbons (Fsp3) is 0.500. The second-order valence-corrected chi connectivity index (χ2v) is 7.81. The second kappa shape index (κ2) is 8.63. The average Bonchev–Trinajstić information content (AvgIpc) is 2.83. The Morgan fingerprint density at radius 2 is 1.85 bits per heavy atom. The molecule has 0 bridgehead atoms. The number of benzene rings is 1. The van der Waals surface area contributed by atoms with E-state index in [2.05, 4.69) is 0 Å². The van der Waals surface area contributed by atoms with Crippen molar-refractivity contribution in [2.24, 2.45) is 5.73 Å². The normalized spacial score (nSPS) is 19.8. The summed E-state index contributed by atoms with van der Waals surface area (Å²) in [4.78, 5) is 15.1. The molecular formula is C20H26Cl2N4O. The lowest BCUT2D eigenvalue weighted by atomic mass is 10.0. The molecule has 1 aliphatic heterocycles. The Kier molecular flexibility index (Phi) is 6.45. The van der Waals surface area contributed by atoms with Gasteiger partial charge in [0.05, 0.1) is 5.69 Å². The van der Waals surface area contributed by atoms with Crippen molar-refractivity contribution in [2.45, 2.75) is 51.0 Å². The monoisotopic (exact) mass is 408 g/mol. The minimum Gasteiger partial charge on any atom is -0.336 e. The number of amides is 1. The van der Waals surface area contributed by atoms with Crippen LogP contribution in [-0.2, 0) is 12.8 Å². The molecule has 1 amide bonds. The summed E-state index contributed by atoms with van der Waals surface area (Å²) in [5.74, 6) is 0.0333. The van der Waals surface area contributed by atoms with Crippen LogP contribution >= 0.6 is 24.0 Å². The van der Waals surface area contributed by atoms with Gasteiger partial charge in [-0.25, -0.2) is 4.68 Å². The van der Waals surface area contributed by atoms with E-state index in [0.29, 0.717) is 17.3 Å². The maximum Gasteiger partial charge on any atom is 0.274 e. The van der Waals surface area contributed by atoms with Crippen LogP contribution in [0.2, 0.25) is 5.02 Å². The van der Waals surface area contributed by atoms with E-state index in [4.69, 9.17) is 22.4 Å². The Labute approximate surface area is 171 Å². The van der Waals surface area contributed by atoms with Gasteiger partial charge in [-0.2, -0.15) is 5.10 Å². The topological polar surface area (TPSA) is 64.2 Å². The van der Waals surface area contributed by atoms with Crippen LogP contribution < -0.4 is 5.73 Å². The summed E-state index contributed by atoms with van der Waals surface area (Å²) >= 11 is 6.04. The largest absolute Gasteiger partial charge is 0.336 e. The highest BCUT2D eigenvalue weighted by atomic mass is 35.5. The van der Waals surface area contributed by atoms with E-state index < -0.39 is 0 Å². The summed E-state index contributed by atoms with van der Waals surface area (Å²) < 4.78 is 1.95. The molecular weight excluding hydrogens is 383 g/mol. The quantitative estimate of drug-likeness (QED) is 0.768. The van der Waals surface area contributed by atoms with Gasteiger partial charge >= 0.3 is 0 Å². The Balaban J connectivity index is 0.00000210. The molecule has 0 radical (unpaired) electrons. The Morgan fingerprint density at radius 1 is 1.11 bits per heavy atom. The van der Waals surface area contributed by atoms with E-state index in [-0.39, 0.29) is 24.4 Å². The van der Waals surface area contributed by atoms with Crippen LogP contribution in [0.25, 0.3) is 5.69 Å². The lowest BCUT2D eigenvalue weighted by Crippen LogP contribution is -2.46. The zero-order chi connectivity index (χ0) is 18.1. The van der Waals surface area contributed by atoms with Gasteiger partial charge in [0.15, 0.2) is 5.69 Å². The third-order valence-corrected chi connectivity index (χ3v) is 5.70. The number of aromatic nitrogens is 2.